The van der Waals surface area contributed by atoms with Crippen LogP contribution in [0.1, 0.15) is 27.7 Å². The molecule has 0 heterocycles. The summed E-state index contributed by atoms with van der Waals surface area (Å²) in [5.74, 6) is 0. The van der Waals surface area contributed by atoms with Crippen LogP contribution in [0.3, 0.4) is 0 Å². The van der Waals surface area contributed by atoms with Gasteiger partial charge in [-0.25, -0.2) is 0 Å². The lowest BCUT2D eigenvalue weighted by atomic mass is 9.88. The molecule has 0 aromatic heterocycles. The van der Waals surface area contributed by atoms with Gasteiger partial charge in [-0.3, -0.25) is 0 Å². The van der Waals surface area contributed by atoms with Gasteiger partial charge in [0, 0.05) is 10.8 Å². The highest BCUT2D eigenvalue weighted by Gasteiger charge is 2.39. The van der Waals surface area contributed by atoms with E-state index in [2.05, 4.69) is 9.68 Å². The Morgan fingerprint density at radius 2 is 1.12 bits per heavy atom. The zero-order valence-corrected chi connectivity index (χ0v) is 14.9. The highest BCUT2D eigenvalue weighted by Crippen LogP contribution is 2.25. The number of nitrogens with zero attached hydrogens (tertiary/aromatic N) is 3. The quantitative estimate of drug-likeness (QED) is 0.298. The highest BCUT2D eigenvalue weighted by molar-refractivity contribution is 4.78. The molecule has 0 saturated heterocycles. The lowest BCUT2D eigenvalue weighted by Gasteiger charge is -2.29. The third kappa shape index (κ3) is 8.06. The second-order valence-corrected chi connectivity index (χ2v) is 6.75. The topological polar surface area (TPSA) is 184 Å². The van der Waals surface area contributed by atoms with E-state index in [1.807, 2.05) is 0 Å². The van der Waals surface area contributed by atoms with Crippen LogP contribution in [0.5, 0.6) is 0 Å². The summed E-state index contributed by atoms with van der Waals surface area (Å²) in [6.45, 7) is 3.68. The van der Waals surface area contributed by atoms with Crippen LogP contribution >= 0.6 is 0 Å². The van der Waals surface area contributed by atoms with Crippen molar-refractivity contribution in [2.24, 2.45) is 10.8 Å². The second kappa shape index (κ2) is 9.86. The summed E-state index contributed by atoms with van der Waals surface area (Å²) in [4.78, 5) is 50.5. The van der Waals surface area contributed by atoms with Gasteiger partial charge in [-0.1, -0.05) is 27.7 Å². The van der Waals surface area contributed by atoms with Crippen LogP contribution in [0.25, 0.3) is 0 Å². The van der Waals surface area contributed by atoms with Gasteiger partial charge in [0.05, 0.1) is 13.2 Å². The molecule has 0 spiro atoms. The fourth-order valence-corrected chi connectivity index (χ4v) is 1.72. The third-order valence-electron chi connectivity index (χ3n) is 3.59. The number of aliphatic hydroxyl groups is 2. The van der Waals surface area contributed by atoms with Crippen LogP contribution in [0.4, 0.5) is 0 Å². The van der Waals surface area contributed by atoms with E-state index >= 15 is 0 Å². The predicted molar refractivity (Wildman–Crippen MR) is 81.0 cm³/mol. The van der Waals surface area contributed by atoms with Crippen LogP contribution in [0, 0.1) is 36.0 Å². The molecule has 0 aliphatic rings. The highest BCUT2D eigenvalue weighted by atomic mass is 17.0. The van der Waals surface area contributed by atoms with Crippen LogP contribution in [-0.2, 0) is 19.4 Å². The van der Waals surface area contributed by atoms with E-state index in [-0.39, 0.29) is 5.09 Å². The van der Waals surface area contributed by atoms with Crippen molar-refractivity contribution < 1.29 is 44.8 Å². The van der Waals surface area contributed by atoms with E-state index in [0.29, 0.717) is 0 Å². The average molecular weight is 386 g/mol. The molecule has 0 aromatic rings. The fraction of sp³-hybridized carbons (Fsp3) is 1.00. The van der Waals surface area contributed by atoms with Crippen LogP contribution in [0.15, 0.2) is 0 Å². The first-order valence-electron chi connectivity index (χ1n) is 7.43. The maximum Gasteiger partial charge on any atom is 0.477 e. The zero-order chi connectivity index (χ0) is 20.5. The Balaban J connectivity index is 4.61. The minimum atomic E-state index is -1.24. The molecule has 26 heavy (non-hydrogen) atoms. The van der Waals surface area contributed by atoms with Crippen LogP contribution in [0.2, 0.25) is 0 Å². The fourth-order valence-electron chi connectivity index (χ4n) is 1.72. The molecule has 0 aromatic carbocycles. The minimum absolute atomic E-state index is 0.273. The van der Waals surface area contributed by atoms with E-state index in [1.54, 1.807) is 0 Å². The van der Waals surface area contributed by atoms with Gasteiger partial charge >= 0.3 is 5.09 Å². The summed E-state index contributed by atoms with van der Waals surface area (Å²) in [7, 11) is 0. The molecule has 14 heteroatoms. The molecule has 0 saturated carbocycles. The number of aliphatic hydroxyl groups excluding tert-OH is 2. The molecule has 0 radical (unpaired) electrons. The van der Waals surface area contributed by atoms with Crippen molar-refractivity contribution in [3.05, 3.63) is 25.1 Å². The molecule has 2 N–H and O–H groups in total. The van der Waals surface area contributed by atoms with Gasteiger partial charge in [-0.2, -0.15) is 9.68 Å². The standard InChI is InChI=1S/C12H24N3O11/c1-11(2,9(5-16)25-13(18)19)7-23-15(22)24-8-12(3,4)10(6-17)26-14(20)21/h9-10,16-17H,5-8H2,1-4H3/q+1/t9-,10-/m0/s1. The van der Waals surface area contributed by atoms with Gasteiger partial charge < -0.3 is 19.9 Å². The van der Waals surface area contributed by atoms with Gasteiger partial charge in [0.15, 0.2) is 13.2 Å². The van der Waals surface area contributed by atoms with Crippen molar-refractivity contribution in [1.82, 2.24) is 0 Å². The van der Waals surface area contributed by atoms with Crippen LogP contribution < -0.4 is 0 Å². The van der Waals surface area contributed by atoms with Crippen molar-refractivity contribution in [3.63, 3.8) is 0 Å². The normalized spacial score (nSPS) is 14.1. The van der Waals surface area contributed by atoms with Crippen molar-refractivity contribution in [2.45, 2.75) is 39.9 Å². The minimum Gasteiger partial charge on any atom is -0.394 e. The van der Waals surface area contributed by atoms with E-state index in [9.17, 15) is 25.1 Å². The summed E-state index contributed by atoms with van der Waals surface area (Å²) < 4.78 is 0. The number of hydrogen-bond donors (Lipinski definition) is 2. The smallest absolute Gasteiger partial charge is 0.394 e. The van der Waals surface area contributed by atoms with E-state index in [4.69, 9.17) is 19.9 Å². The Kier molecular flexibility index (Phi) is 8.92. The van der Waals surface area contributed by atoms with Gasteiger partial charge in [0.25, 0.3) is 10.2 Å². The van der Waals surface area contributed by atoms with E-state index in [0.717, 1.165) is 0 Å². The third-order valence-corrected chi connectivity index (χ3v) is 3.59. The van der Waals surface area contributed by atoms with Gasteiger partial charge in [-0.15, -0.1) is 20.2 Å². The molecule has 152 valence electrons. The van der Waals surface area contributed by atoms with Crippen molar-refractivity contribution in [2.75, 3.05) is 26.4 Å². The van der Waals surface area contributed by atoms with Gasteiger partial charge in [0.2, 0.25) is 0 Å². The zero-order valence-electron chi connectivity index (χ0n) is 14.9. The molecule has 0 bridgehead atoms. The Hall–Kier alpha value is -2.48. The Bertz CT molecular complexity index is 455. The number of rotatable bonds is 14. The molecule has 2 atom stereocenters. The lowest BCUT2D eigenvalue weighted by molar-refractivity contribution is -0.984. The molecule has 0 amide bonds. The summed E-state index contributed by atoms with van der Waals surface area (Å²) in [6, 6.07) is 0. The Morgan fingerprint density at radius 3 is 1.35 bits per heavy atom. The maximum absolute atomic E-state index is 11.6. The summed E-state index contributed by atoms with van der Waals surface area (Å²) in [5.41, 5.74) is -2.24. The maximum atomic E-state index is 11.6. The molecule has 0 aliphatic heterocycles. The monoisotopic (exact) mass is 386 g/mol. The van der Waals surface area contributed by atoms with Gasteiger partial charge in [-0.05, 0) is 0 Å². The lowest BCUT2D eigenvalue weighted by Crippen LogP contribution is -2.42. The average Bonchev–Trinajstić information content (AvgIpc) is 2.53. The number of hydrogen-bond acceptors (Lipinski definition) is 11. The first kappa shape index (κ1) is 23.5. The largest absolute Gasteiger partial charge is 0.477 e. The first-order valence-corrected chi connectivity index (χ1v) is 7.43. The first-order chi connectivity index (χ1) is 11.9. The Morgan fingerprint density at radius 1 is 0.808 bits per heavy atom. The molecular weight excluding hydrogens is 362 g/mol. The summed E-state index contributed by atoms with van der Waals surface area (Å²) in [6.07, 6.45) is -2.48. The SMILES string of the molecule is CC(C)(CO[N+](=O)OCC(C)(C)[C@H](CO)O[N+](=O)[O-])[C@H](CO)O[N+](=O)[O-]. The second-order valence-electron chi connectivity index (χ2n) is 6.75. The van der Waals surface area contributed by atoms with Crippen molar-refractivity contribution >= 4 is 0 Å². The van der Waals surface area contributed by atoms with Crippen molar-refractivity contribution in [3.8, 4) is 0 Å². The summed E-state index contributed by atoms with van der Waals surface area (Å²) >= 11 is 0. The molecule has 0 rings (SSSR count). The molecule has 0 aliphatic carbocycles. The van der Waals surface area contributed by atoms with Crippen LogP contribution in [-0.4, -0.2) is 64.1 Å². The molecular formula is C12H24N3O11+. The summed E-state index contributed by atoms with van der Waals surface area (Å²) in [5, 5.41) is 36.7. The molecule has 0 unspecified atom stereocenters. The van der Waals surface area contributed by atoms with E-state index in [1.165, 1.54) is 27.7 Å². The predicted octanol–water partition coefficient (Wildman–Crippen LogP) is -0.181. The van der Waals surface area contributed by atoms with E-state index < -0.39 is 59.6 Å². The van der Waals surface area contributed by atoms with Crippen molar-refractivity contribution in [1.29, 1.82) is 0 Å². The Labute approximate surface area is 148 Å². The molecule has 14 nitrogen and oxygen atoms in total. The van der Waals surface area contributed by atoms with Gasteiger partial charge in [0.1, 0.15) is 17.1 Å². The molecule has 0 fully saturated rings.